The number of nitrogens with one attached hydrogen (secondary N) is 1. The van der Waals surface area contributed by atoms with Gasteiger partial charge < -0.3 is 0 Å². The molecule has 1 unspecified atom stereocenters. The summed E-state index contributed by atoms with van der Waals surface area (Å²) in [4.78, 5) is 0. The summed E-state index contributed by atoms with van der Waals surface area (Å²) in [6.07, 6.45) is 6.16. The Labute approximate surface area is 177 Å². The predicted molar refractivity (Wildman–Crippen MR) is 129 cm³/mol. The average molecular weight is 424 g/mol. The summed E-state index contributed by atoms with van der Waals surface area (Å²) in [5.74, 6) is 0.487. The highest BCUT2D eigenvalue weighted by Gasteiger charge is 2.39. The zero-order chi connectivity index (χ0) is 20.9. The Morgan fingerprint density at radius 3 is 1.86 bits per heavy atom. The van der Waals surface area contributed by atoms with Crippen molar-refractivity contribution in [1.82, 2.24) is 5.09 Å². The SMILES string of the molecule is C=C=C(C(NP(=O)(c1ccccc1)c1ccccc1)C1CCCCC1)[Si](C)(C)C. The normalized spacial score (nSPS) is 16.8. The van der Waals surface area contributed by atoms with Gasteiger partial charge in [-0.2, -0.15) is 0 Å². The summed E-state index contributed by atoms with van der Waals surface area (Å²) in [5, 5.41) is 6.75. The van der Waals surface area contributed by atoms with Gasteiger partial charge >= 0.3 is 0 Å². The highest BCUT2D eigenvalue weighted by molar-refractivity contribution is 7.77. The summed E-state index contributed by atoms with van der Waals surface area (Å²) < 4.78 is 14.7. The molecular formula is C25H34NOPSi. The molecule has 0 aliphatic heterocycles. The van der Waals surface area contributed by atoms with Crippen molar-refractivity contribution in [3.63, 3.8) is 0 Å². The smallest absolute Gasteiger partial charge is 0.205 e. The predicted octanol–water partition coefficient (Wildman–Crippen LogP) is 6.04. The molecule has 1 saturated carbocycles. The number of hydrogen-bond donors (Lipinski definition) is 1. The monoisotopic (exact) mass is 423 g/mol. The summed E-state index contributed by atoms with van der Waals surface area (Å²) in [6.45, 7) is 11.1. The molecular weight excluding hydrogens is 389 g/mol. The molecule has 1 N–H and O–H groups in total. The third-order valence-corrected chi connectivity index (χ3v) is 10.8. The minimum Gasteiger partial charge on any atom is -0.297 e. The lowest BCUT2D eigenvalue weighted by molar-refractivity contribution is 0.317. The van der Waals surface area contributed by atoms with E-state index in [4.69, 9.17) is 0 Å². The first-order valence-electron chi connectivity index (χ1n) is 10.8. The van der Waals surface area contributed by atoms with Crippen LogP contribution in [0.5, 0.6) is 0 Å². The van der Waals surface area contributed by atoms with E-state index >= 15 is 0 Å². The van der Waals surface area contributed by atoms with Gasteiger partial charge in [0.15, 0.2) is 0 Å². The molecule has 2 aromatic rings. The van der Waals surface area contributed by atoms with Gasteiger partial charge in [0.05, 0.1) is 8.07 Å². The lowest BCUT2D eigenvalue weighted by Crippen LogP contribution is -2.47. The first-order valence-corrected chi connectivity index (χ1v) is 16.0. The first-order chi connectivity index (χ1) is 13.9. The second-order valence-electron chi connectivity index (χ2n) is 9.13. The highest BCUT2D eigenvalue weighted by atomic mass is 31.2. The van der Waals surface area contributed by atoms with Gasteiger partial charge in [0.2, 0.25) is 7.29 Å². The first kappa shape index (κ1) is 22.1. The third kappa shape index (κ3) is 5.11. The van der Waals surface area contributed by atoms with Crippen LogP contribution in [0.25, 0.3) is 0 Å². The molecule has 29 heavy (non-hydrogen) atoms. The molecule has 0 spiro atoms. The van der Waals surface area contributed by atoms with Gasteiger partial charge in [-0.15, -0.1) is 5.73 Å². The zero-order valence-corrected chi connectivity index (χ0v) is 19.9. The molecule has 2 aromatic carbocycles. The Morgan fingerprint density at radius 1 is 0.966 bits per heavy atom. The molecule has 0 radical (unpaired) electrons. The minimum atomic E-state index is -3.00. The van der Waals surface area contributed by atoms with E-state index in [1.807, 2.05) is 60.7 Å². The fourth-order valence-electron chi connectivity index (χ4n) is 4.48. The van der Waals surface area contributed by atoms with Crippen molar-refractivity contribution in [3.05, 3.63) is 78.2 Å². The van der Waals surface area contributed by atoms with Crippen LogP contribution in [0.1, 0.15) is 32.1 Å². The molecule has 0 aromatic heterocycles. The standard InChI is InChI=1S/C25H34NOPSi/c1-5-24(29(2,3)4)25(21-15-9-6-10-16-21)26-28(27,22-17-11-7-12-18-22)23-19-13-8-14-20-23/h7-8,11-14,17-21,25H,1,6,9-10,15-16H2,2-4H3,(H,26,27). The maximum Gasteiger partial charge on any atom is 0.205 e. The van der Waals surface area contributed by atoms with Crippen LogP contribution < -0.4 is 15.7 Å². The van der Waals surface area contributed by atoms with E-state index in [0.717, 1.165) is 10.6 Å². The molecule has 4 heteroatoms. The van der Waals surface area contributed by atoms with Gasteiger partial charge in [-0.05, 0) is 48.2 Å². The molecule has 3 rings (SSSR count). The lowest BCUT2D eigenvalue weighted by atomic mass is 9.84. The highest BCUT2D eigenvalue weighted by Crippen LogP contribution is 2.43. The van der Waals surface area contributed by atoms with Crippen LogP contribution in [-0.2, 0) is 4.57 Å². The van der Waals surface area contributed by atoms with E-state index in [0.29, 0.717) is 5.92 Å². The maximum absolute atomic E-state index is 14.7. The molecule has 1 aliphatic carbocycles. The lowest BCUT2D eigenvalue weighted by Gasteiger charge is -2.38. The van der Waals surface area contributed by atoms with Crippen molar-refractivity contribution in [3.8, 4) is 0 Å². The number of hydrogen-bond acceptors (Lipinski definition) is 1. The van der Waals surface area contributed by atoms with E-state index in [1.54, 1.807) is 0 Å². The summed E-state index contributed by atoms with van der Waals surface area (Å²) in [7, 11) is -4.68. The van der Waals surface area contributed by atoms with Gasteiger partial charge in [0.1, 0.15) is 0 Å². The van der Waals surface area contributed by atoms with Crippen LogP contribution in [-0.4, -0.2) is 14.1 Å². The van der Waals surface area contributed by atoms with Crippen molar-refractivity contribution in [2.24, 2.45) is 5.92 Å². The fraction of sp³-hybridized carbons (Fsp3) is 0.400. The van der Waals surface area contributed by atoms with Crippen LogP contribution in [0.15, 0.2) is 78.2 Å². The van der Waals surface area contributed by atoms with Crippen LogP contribution >= 0.6 is 7.29 Å². The Morgan fingerprint density at radius 2 is 1.45 bits per heavy atom. The molecule has 0 bridgehead atoms. The summed E-state index contributed by atoms with van der Waals surface area (Å²) >= 11 is 0. The number of benzene rings is 2. The second-order valence-corrected chi connectivity index (χ2v) is 16.7. The van der Waals surface area contributed by atoms with Crippen LogP contribution in [0.4, 0.5) is 0 Å². The van der Waals surface area contributed by atoms with E-state index in [9.17, 15) is 4.57 Å². The van der Waals surface area contributed by atoms with Gasteiger partial charge in [0.25, 0.3) is 0 Å². The Balaban J connectivity index is 2.10. The Hall–Kier alpha value is -1.63. The van der Waals surface area contributed by atoms with Crippen LogP contribution in [0, 0.1) is 5.92 Å². The van der Waals surface area contributed by atoms with E-state index in [-0.39, 0.29) is 6.04 Å². The third-order valence-electron chi connectivity index (χ3n) is 5.99. The second kappa shape index (κ2) is 9.45. The van der Waals surface area contributed by atoms with Crippen molar-refractivity contribution < 1.29 is 4.57 Å². The molecule has 1 aliphatic rings. The van der Waals surface area contributed by atoms with Gasteiger partial charge in [0, 0.05) is 16.7 Å². The van der Waals surface area contributed by atoms with Crippen molar-refractivity contribution in [2.75, 3.05) is 0 Å². The molecule has 0 saturated heterocycles. The largest absolute Gasteiger partial charge is 0.297 e. The Kier molecular flexibility index (Phi) is 7.19. The number of rotatable bonds is 7. The fourth-order valence-corrected chi connectivity index (χ4v) is 8.89. The minimum absolute atomic E-state index is 0.0608. The van der Waals surface area contributed by atoms with Crippen molar-refractivity contribution in [2.45, 2.75) is 57.8 Å². The van der Waals surface area contributed by atoms with E-state index in [1.165, 1.54) is 37.3 Å². The van der Waals surface area contributed by atoms with Crippen LogP contribution in [0.3, 0.4) is 0 Å². The molecule has 1 fully saturated rings. The van der Waals surface area contributed by atoms with E-state index < -0.39 is 15.4 Å². The average Bonchev–Trinajstić information content (AvgIpc) is 2.74. The molecule has 154 valence electrons. The summed E-state index contributed by atoms with van der Waals surface area (Å²) in [5.41, 5.74) is 3.31. The molecule has 0 heterocycles. The Bertz CT molecular complexity index is 848. The summed E-state index contributed by atoms with van der Waals surface area (Å²) in [6, 6.07) is 19.9. The zero-order valence-electron chi connectivity index (χ0n) is 18.0. The van der Waals surface area contributed by atoms with Crippen molar-refractivity contribution in [1.29, 1.82) is 0 Å². The van der Waals surface area contributed by atoms with Crippen LogP contribution in [0.2, 0.25) is 19.6 Å². The molecule has 1 atom stereocenters. The van der Waals surface area contributed by atoms with Gasteiger partial charge in [-0.3, -0.25) is 9.65 Å². The maximum atomic E-state index is 14.7. The quantitative estimate of drug-likeness (QED) is 0.334. The topological polar surface area (TPSA) is 29.1 Å². The van der Waals surface area contributed by atoms with Crippen molar-refractivity contribution >= 4 is 26.0 Å². The van der Waals surface area contributed by atoms with Gasteiger partial charge in [-0.25, -0.2) is 0 Å². The van der Waals surface area contributed by atoms with E-state index in [2.05, 4.69) is 37.0 Å². The molecule has 0 amide bonds. The van der Waals surface area contributed by atoms with Gasteiger partial charge in [-0.1, -0.05) is 81.9 Å². The molecule has 2 nitrogen and oxygen atoms in total.